The van der Waals surface area contributed by atoms with E-state index in [1.807, 2.05) is 6.08 Å². The third-order valence-electron chi connectivity index (χ3n) is 11.3. The molecule has 1 amide bonds. The number of esters is 1. The molecule has 6 heteroatoms. The summed E-state index contributed by atoms with van der Waals surface area (Å²) in [5, 5.41) is 22.9. The standard InChI is InChI=1S/C49H95NO5/c1-3-5-7-9-11-13-15-16-17-18-23-27-31-35-39-43-49(54)55-44-40-36-32-28-24-20-19-22-26-30-34-38-42-48(53)50-46(45-51)47(52)41-37-33-29-25-21-14-12-10-8-6-4-2/h37,41,46-47,51-52H,3-36,38-40,42-45H2,1-2H3,(H,50,53)/b41-37+. The van der Waals surface area contributed by atoms with Crippen molar-refractivity contribution in [1.29, 1.82) is 0 Å². The summed E-state index contributed by atoms with van der Waals surface area (Å²) in [7, 11) is 0. The van der Waals surface area contributed by atoms with E-state index in [0.717, 1.165) is 57.8 Å². The molecule has 0 rings (SSSR count). The van der Waals surface area contributed by atoms with E-state index in [2.05, 4.69) is 19.2 Å². The Bertz CT molecular complexity index is 817. The van der Waals surface area contributed by atoms with Crippen LogP contribution in [0.3, 0.4) is 0 Å². The van der Waals surface area contributed by atoms with Gasteiger partial charge in [-0.05, 0) is 32.1 Å². The van der Waals surface area contributed by atoms with Crippen LogP contribution in [-0.2, 0) is 14.3 Å². The van der Waals surface area contributed by atoms with Crippen LogP contribution in [0, 0.1) is 0 Å². The number of nitrogens with one attached hydrogen (secondary N) is 1. The number of allylic oxidation sites excluding steroid dienone is 1. The van der Waals surface area contributed by atoms with Crippen LogP contribution in [0.1, 0.15) is 264 Å². The van der Waals surface area contributed by atoms with Crippen LogP contribution >= 0.6 is 0 Å². The molecule has 2 atom stereocenters. The van der Waals surface area contributed by atoms with E-state index in [9.17, 15) is 19.8 Å². The summed E-state index contributed by atoms with van der Waals surface area (Å²) in [6, 6.07) is -0.636. The summed E-state index contributed by atoms with van der Waals surface area (Å²) in [5.74, 6) is -0.0926. The van der Waals surface area contributed by atoms with E-state index in [1.165, 1.54) is 180 Å². The van der Waals surface area contributed by atoms with Gasteiger partial charge in [-0.1, -0.05) is 231 Å². The van der Waals surface area contributed by atoms with Gasteiger partial charge in [0, 0.05) is 12.8 Å². The number of aliphatic hydroxyl groups excluding tert-OH is 2. The SMILES string of the molecule is CCCCCCCCCCC/C=C/C(O)C(CO)NC(=O)CCCCCCCCCCCCCCOC(=O)CCCCCCCCCCCCCCCCC. The molecule has 6 nitrogen and oxygen atoms in total. The van der Waals surface area contributed by atoms with E-state index in [1.54, 1.807) is 6.08 Å². The number of aliphatic hydroxyl groups is 2. The molecule has 55 heavy (non-hydrogen) atoms. The monoisotopic (exact) mass is 778 g/mol. The maximum absolute atomic E-state index is 12.4. The minimum atomic E-state index is -0.851. The van der Waals surface area contributed by atoms with Gasteiger partial charge in [0.2, 0.25) is 5.91 Å². The summed E-state index contributed by atoms with van der Waals surface area (Å²) >= 11 is 0. The van der Waals surface area contributed by atoms with Crippen LogP contribution in [0.2, 0.25) is 0 Å². The van der Waals surface area contributed by atoms with Gasteiger partial charge in [0.25, 0.3) is 0 Å². The lowest BCUT2D eigenvalue weighted by atomic mass is 10.0. The average Bonchev–Trinajstić information content (AvgIpc) is 3.18. The van der Waals surface area contributed by atoms with Crippen molar-refractivity contribution in [2.45, 2.75) is 276 Å². The highest BCUT2D eigenvalue weighted by molar-refractivity contribution is 5.76. The molecule has 0 aliphatic heterocycles. The van der Waals surface area contributed by atoms with Crippen molar-refractivity contribution >= 4 is 11.9 Å². The topological polar surface area (TPSA) is 95.9 Å². The maximum atomic E-state index is 12.4. The number of carbonyl (C=O) groups excluding carboxylic acids is 2. The van der Waals surface area contributed by atoms with Gasteiger partial charge in [0.15, 0.2) is 0 Å². The Morgan fingerprint density at radius 1 is 0.491 bits per heavy atom. The molecule has 0 radical (unpaired) electrons. The van der Waals surface area contributed by atoms with Crippen molar-refractivity contribution in [2.24, 2.45) is 0 Å². The number of amides is 1. The van der Waals surface area contributed by atoms with Crippen molar-refractivity contribution in [2.75, 3.05) is 13.2 Å². The predicted molar refractivity (Wildman–Crippen MR) is 237 cm³/mol. The number of hydrogen-bond donors (Lipinski definition) is 3. The fourth-order valence-corrected chi connectivity index (χ4v) is 7.51. The van der Waals surface area contributed by atoms with Gasteiger partial charge in [-0.25, -0.2) is 0 Å². The zero-order valence-electron chi connectivity index (χ0n) is 36.9. The van der Waals surface area contributed by atoms with Crippen LogP contribution in [0.25, 0.3) is 0 Å². The van der Waals surface area contributed by atoms with E-state index in [0.29, 0.717) is 19.4 Å². The second kappa shape index (κ2) is 45.3. The fourth-order valence-electron chi connectivity index (χ4n) is 7.51. The molecule has 0 aromatic rings. The van der Waals surface area contributed by atoms with Crippen LogP contribution in [-0.4, -0.2) is 47.4 Å². The first-order valence-corrected chi connectivity index (χ1v) is 24.5. The Hall–Kier alpha value is -1.40. The van der Waals surface area contributed by atoms with Crippen LogP contribution in [0.5, 0.6) is 0 Å². The fraction of sp³-hybridized carbons (Fsp3) is 0.918. The molecule has 0 fully saturated rings. The Labute approximate surface area is 342 Å². The lowest BCUT2D eigenvalue weighted by Gasteiger charge is -2.20. The second-order valence-corrected chi connectivity index (χ2v) is 16.8. The Balaban J connectivity index is 3.46. The quantitative estimate of drug-likeness (QED) is 0.0325. The Morgan fingerprint density at radius 3 is 1.24 bits per heavy atom. The number of hydrogen-bond acceptors (Lipinski definition) is 5. The lowest BCUT2D eigenvalue weighted by molar-refractivity contribution is -0.143. The number of unbranched alkanes of at least 4 members (excludes halogenated alkanes) is 34. The first-order chi connectivity index (χ1) is 27.0. The molecule has 0 bridgehead atoms. The highest BCUT2D eigenvalue weighted by Gasteiger charge is 2.18. The first-order valence-electron chi connectivity index (χ1n) is 24.5. The molecule has 0 heterocycles. The summed E-state index contributed by atoms with van der Waals surface area (Å²) in [6.45, 7) is 4.86. The normalized spacial score (nSPS) is 12.7. The summed E-state index contributed by atoms with van der Waals surface area (Å²) in [5.41, 5.74) is 0. The first kappa shape index (κ1) is 53.6. The van der Waals surface area contributed by atoms with Crippen molar-refractivity contribution in [1.82, 2.24) is 5.32 Å². The molecule has 0 aliphatic rings. The van der Waals surface area contributed by atoms with Crippen molar-refractivity contribution in [3.05, 3.63) is 12.2 Å². The van der Waals surface area contributed by atoms with Gasteiger partial charge in [0.1, 0.15) is 0 Å². The van der Waals surface area contributed by atoms with Crippen molar-refractivity contribution < 1.29 is 24.5 Å². The zero-order chi connectivity index (χ0) is 40.1. The second-order valence-electron chi connectivity index (χ2n) is 16.8. The highest BCUT2D eigenvalue weighted by atomic mass is 16.5. The number of ether oxygens (including phenoxy) is 1. The third-order valence-corrected chi connectivity index (χ3v) is 11.3. The largest absolute Gasteiger partial charge is 0.466 e. The molecular weight excluding hydrogens is 683 g/mol. The molecule has 0 aliphatic carbocycles. The van der Waals surface area contributed by atoms with Crippen molar-refractivity contribution in [3.8, 4) is 0 Å². The number of rotatable bonds is 45. The van der Waals surface area contributed by atoms with E-state index in [-0.39, 0.29) is 18.5 Å². The third kappa shape index (κ3) is 42.0. The molecule has 0 saturated heterocycles. The summed E-state index contributed by atoms with van der Waals surface area (Å²) in [4.78, 5) is 24.4. The molecule has 0 aromatic carbocycles. The smallest absolute Gasteiger partial charge is 0.305 e. The zero-order valence-corrected chi connectivity index (χ0v) is 36.9. The van der Waals surface area contributed by atoms with Gasteiger partial charge in [0.05, 0.1) is 25.4 Å². The number of carbonyl (C=O) groups is 2. The predicted octanol–water partition coefficient (Wildman–Crippen LogP) is 14.2. The van der Waals surface area contributed by atoms with Crippen LogP contribution in [0.15, 0.2) is 12.2 Å². The van der Waals surface area contributed by atoms with Gasteiger partial charge in [-0.2, -0.15) is 0 Å². The van der Waals surface area contributed by atoms with E-state index in [4.69, 9.17) is 4.74 Å². The molecule has 326 valence electrons. The molecular formula is C49H95NO5. The van der Waals surface area contributed by atoms with Gasteiger partial charge in [-0.15, -0.1) is 0 Å². The highest BCUT2D eigenvalue weighted by Crippen LogP contribution is 2.16. The van der Waals surface area contributed by atoms with Gasteiger partial charge in [-0.3, -0.25) is 9.59 Å². The Morgan fingerprint density at radius 2 is 0.836 bits per heavy atom. The average molecular weight is 778 g/mol. The van der Waals surface area contributed by atoms with Gasteiger partial charge >= 0.3 is 5.97 Å². The van der Waals surface area contributed by atoms with Gasteiger partial charge < -0.3 is 20.3 Å². The summed E-state index contributed by atoms with van der Waals surface area (Å²) < 4.78 is 5.46. The molecule has 2 unspecified atom stereocenters. The summed E-state index contributed by atoms with van der Waals surface area (Å²) in [6.07, 6.45) is 50.6. The molecule has 0 spiro atoms. The maximum Gasteiger partial charge on any atom is 0.305 e. The minimum absolute atomic E-state index is 0.00832. The van der Waals surface area contributed by atoms with Crippen molar-refractivity contribution in [3.63, 3.8) is 0 Å². The Kier molecular flexibility index (Phi) is 44.2. The van der Waals surface area contributed by atoms with E-state index < -0.39 is 12.1 Å². The molecule has 0 saturated carbocycles. The minimum Gasteiger partial charge on any atom is -0.466 e. The van der Waals surface area contributed by atoms with Crippen LogP contribution in [0.4, 0.5) is 0 Å². The van der Waals surface area contributed by atoms with Crippen LogP contribution < -0.4 is 5.32 Å². The molecule has 0 aromatic heterocycles. The molecule has 3 N–H and O–H groups in total. The lowest BCUT2D eigenvalue weighted by Crippen LogP contribution is -2.45. The van der Waals surface area contributed by atoms with E-state index >= 15 is 0 Å².